The molecule has 384 valence electrons. The predicted octanol–water partition coefficient (Wildman–Crippen LogP) is 12.0. The van der Waals surface area contributed by atoms with Crippen molar-refractivity contribution in [2.75, 3.05) is 19.8 Å². The van der Waals surface area contributed by atoms with E-state index in [4.69, 9.17) is 18.5 Å². The van der Waals surface area contributed by atoms with Gasteiger partial charge in [-0.15, -0.1) is 0 Å². The maximum Gasteiger partial charge on any atom is 0.472 e. The maximum atomic E-state index is 12.9. The number of allylic oxidation sites excluding steroid dienone is 4. The molecule has 65 heavy (non-hydrogen) atoms. The van der Waals surface area contributed by atoms with Crippen molar-refractivity contribution in [2.24, 2.45) is 0 Å². The van der Waals surface area contributed by atoms with E-state index >= 15 is 0 Å². The van der Waals surface area contributed by atoms with Gasteiger partial charge >= 0.3 is 13.8 Å². The number of rotatable bonds is 46. The molecule has 0 aromatic carbocycles. The Morgan fingerprint density at radius 3 is 1.29 bits per heavy atom. The van der Waals surface area contributed by atoms with E-state index in [2.05, 4.69) is 38.2 Å². The van der Waals surface area contributed by atoms with Crippen LogP contribution in [0.15, 0.2) is 24.3 Å². The number of esters is 1. The zero-order valence-corrected chi connectivity index (χ0v) is 42.2. The fourth-order valence-electron chi connectivity index (χ4n) is 8.33. The summed E-state index contributed by atoms with van der Waals surface area (Å²) in [5, 5.41) is 50.3. The number of carbonyl (C=O) groups is 1. The van der Waals surface area contributed by atoms with Crippen LogP contribution in [0.3, 0.4) is 0 Å². The molecular weight excluding hydrogens is 848 g/mol. The van der Waals surface area contributed by atoms with Gasteiger partial charge in [-0.05, 0) is 44.9 Å². The van der Waals surface area contributed by atoms with Crippen LogP contribution in [0.4, 0.5) is 0 Å². The van der Waals surface area contributed by atoms with Gasteiger partial charge < -0.3 is 39.9 Å². The highest BCUT2D eigenvalue weighted by Crippen LogP contribution is 2.47. The lowest BCUT2D eigenvalue weighted by molar-refractivity contribution is -0.220. The third-order valence-electron chi connectivity index (χ3n) is 12.6. The lowest BCUT2D eigenvalue weighted by atomic mass is 9.85. The van der Waals surface area contributed by atoms with E-state index in [9.17, 15) is 39.8 Å². The average molecular weight is 947 g/mol. The van der Waals surface area contributed by atoms with Crippen LogP contribution < -0.4 is 0 Å². The Hall–Kier alpha value is -1.18. The topological polar surface area (TPSA) is 192 Å². The Labute approximate surface area is 396 Å². The number of aliphatic hydroxyl groups is 5. The first-order valence-corrected chi connectivity index (χ1v) is 28.2. The van der Waals surface area contributed by atoms with Gasteiger partial charge in [0.05, 0.1) is 13.2 Å². The summed E-state index contributed by atoms with van der Waals surface area (Å²) in [4.78, 5) is 23.3. The fourth-order valence-corrected chi connectivity index (χ4v) is 9.30. The number of phosphoric ester groups is 1. The molecule has 0 aromatic rings. The number of aliphatic hydroxyl groups excluding tert-OH is 5. The molecule has 6 N–H and O–H groups in total. The molecule has 0 aliphatic heterocycles. The first-order valence-electron chi connectivity index (χ1n) is 26.7. The van der Waals surface area contributed by atoms with Crippen LogP contribution >= 0.6 is 7.82 Å². The van der Waals surface area contributed by atoms with E-state index in [0.29, 0.717) is 13.0 Å². The SMILES string of the molecule is CCCCCCC/C=C\C/C=C\CCCCCCCCCCCC(=O)OC(COCCCCCCCCCCCCCCCCCCC)COP(=O)(O)OC1C(O)C(O)C(O)C(O)C1O. The van der Waals surface area contributed by atoms with Crippen LogP contribution in [0.2, 0.25) is 0 Å². The van der Waals surface area contributed by atoms with Gasteiger partial charge in [0, 0.05) is 13.0 Å². The van der Waals surface area contributed by atoms with Crippen molar-refractivity contribution in [1.29, 1.82) is 0 Å². The van der Waals surface area contributed by atoms with E-state index in [1.165, 1.54) is 161 Å². The molecular formula is C52H99O12P. The Morgan fingerprint density at radius 1 is 0.492 bits per heavy atom. The largest absolute Gasteiger partial charge is 0.472 e. The molecule has 1 rings (SSSR count). The minimum absolute atomic E-state index is 0.0736. The summed E-state index contributed by atoms with van der Waals surface area (Å²) in [5.74, 6) is -0.477. The van der Waals surface area contributed by atoms with Gasteiger partial charge in [-0.25, -0.2) is 4.57 Å². The van der Waals surface area contributed by atoms with Crippen molar-refractivity contribution in [3.63, 3.8) is 0 Å². The predicted molar refractivity (Wildman–Crippen MR) is 263 cm³/mol. The van der Waals surface area contributed by atoms with E-state index in [1.54, 1.807) is 0 Å². The molecule has 0 saturated heterocycles. The average Bonchev–Trinajstić information content (AvgIpc) is 3.29. The van der Waals surface area contributed by atoms with E-state index in [0.717, 1.165) is 51.4 Å². The summed E-state index contributed by atoms with van der Waals surface area (Å²) in [5.41, 5.74) is 0. The van der Waals surface area contributed by atoms with E-state index in [1.807, 2.05) is 0 Å². The highest BCUT2D eigenvalue weighted by atomic mass is 31.2. The summed E-state index contributed by atoms with van der Waals surface area (Å²) in [7, 11) is -5.02. The highest BCUT2D eigenvalue weighted by Gasteiger charge is 2.51. The van der Waals surface area contributed by atoms with Crippen LogP contribution in [0, 0.1) is 0 Å². The Kier molecular flexibility index (Phi) is 40.8. The van der Waals surface area contributed by atoms with Crippen LogP contribution in [0.1, 0.15) is 239 Å². The molecule has 0 aromatic heterocycles. The molecule has 1 fully saturated rings. The molecule has 6 atom stereocenters. The number of carbonyl (C=O) groups excluding carboxylic acids is 1. The van der Waals surface area contributed by atoms with Crippen molar-refractivity contribution < 1.29 is 58.3 Å². The van der Waals surface area contributed by atoms with Crippen LogP contribution in [0.5, 0.6) is 0 Å². The van der Waals surface area contributed by atoms with Crippen molar-refractivity contribution >= 4 is 13.8 Å². The van der Waals surface area contributed by atoms with Gasteiger partial charge in [0.2, 0.25) is 0 Å². The summed E-state index contributed by atoms with van der Waals surface area (Å²) in [6.45, 7) is 4.29. The lowest BCUT2D eigenvalue weighted by Crippen LogP contribution is -2.64. The van der Waals surface area contributed by atoms with Crippen molar-refractivity contribution in [1.82, 2.24) is 0 Å². The van der Waals surface area contributed by atoms with Crippen LogP contribution in [-0.4, -0.2) is 98.9 Å². The third-order valence-corrected chi connectivity index (χ3v) is 13.6. The highest BCUT2D eigenvalue weighted by molar-refractivity contribution is 7.47. The standard InChI is InChI=1S/C52H99O12P/c1-3-5-7-9-11-13-15-17-19-21-22-23-24-25-27-29-31-33-35-37-39-41-46(53)63-45(44-62-65(59,60)64-52-50(57)48(55)47(54)49(56)51(52)58)43-61-42-40-38-36-34-32-30-28-26-20-18-16-14-12-10-8-6-4-2/h15,17,21-22,45,47-52,54-58H,3-14,16,18-20,23-44H2,1-2H3,(H,59,60)/b17-15-,22-21-. The minimum atomic E-state index is -5.02. The number of hydrogen-bond acceptors (Lipinski definition) is 11. The lowest BCUT2D eigenvalue weighted by Gasteiger charge is -2.41. The molecule has 0 amide bonds. The molecule has 1 aliphatic carbocycles. The third kappa shape index (κ3) is 34.7. The van der Waals surface area contributed by atoms with Gasteiger partial charge in [-0.2, -0.15) is 0 Å². The van der Waals surface area contributed by atoms with Gasteiger partial charge in [-0.1, -0.05) is 212 Å². The molecule has 0 heterocycles. The number of hydrogen-bond donors (Lipinski definition) is 6. The quantitative estimate of drug-likeness (QED) is 0.0147. The molecule has 0 bridgehead atoms. The Bertz CT molecular complexity index is 1170. The second kappa shape index (κ2) is 42.9. The molecule has 1 saturated carbocycles. The second-order valence-electron chi connectivity index (χ2n) is 18.7. The summed E-state index contributed by atoms with van der Waals surface area (Å²) >= 11 is 0. The van der Waals surface area contributed by atoms with Gasteiger partial charge in [0.15, 0.2) is 0 Å². The van der Waals surface area contributed by atoms with Crippen LogP contribution in [-0.2, 0) is 27.9 Å². The smallest absolute Gasteiger partial charge is 0.457 e. The van der Waals surface area contributed by atoms with Crippen molar-refractivity contribution in [3.8, 4) is 0 Å². The monoisotopic (exact) mass is 947 g/mol. The molecule has 6 unspecified atom stereocenters. The molecule has 0 spiro atoms. The first-order chi connectivity index (χ1) is 31.5. The Morgan fingerprint density at radius 2 is 0.862 bits per heavy atom. The molecule has 1 aliphatic rings. The maximum absolute atomic E-state index is 12.9. The fraction of sp³-hybridized carbons (Fsp3) is 0.904. The Balaban J connectivity index is 2.32. The summed E-state index contributed by atoms with van der Waals surface area (Å²) in [6, 6.07) is 0. The van der Waals surface area contributed by atoms with Gasteiger partial charge in [-0.3, -0.25) is 13.8 Å². The molecule has 12 nitrogen and oxygen atoms in total. The summed E-state index contributed by atoms with van der Waals surface area (Å²) < 4.78 is 34.3. The van der Waals surface area contributed by atoms with Gasteiger partial charge in [0.25, 0.3) is 0 Å². The van der Waals surface area contributed by atoms with Crippen molar-refractivity contribution in [3.05, 3.63) is 24.3 Å². The zero-order valence-electron chi connectivity index (χ0n) is 41.3. The summed E-state index contributed by atoms with van der Waals surface area (Å²) in [6.07, 6.45) is 38.1. The zero-order chi connectivity index (χ0) is 47.6. The van der Waals surface area contributed by atoms with Crippen molar-refractivity contribution in [2.45, 2.75) is 281 Å². The molecule has 0 radical (unpaired) electrons. The van der Waals surface area contributed by atoms with E-state index < -0.39 is 63.1 Å². The first kappa shape index (κ1) is 61.8. The minimum Gasteiger partial charge on any atom is -0.457 e. The van der Waals surface area contributed by atoms with Gasteiger partial charge in [0.1, 0.15) is 42.7 Å². The number of phosphoric acid groups is 1. The second-order valence-corrected chi connectivity index (χ2v) is 20.1. The normalized spacial score (nSPS) is 21.7. The number of unbranched alkanes of at least 4 members (excludes halogenated alkanes) is 30. The number of ether oxygens (including phenoxy) is 2. The van der Waals surface area contributed by atoms with Crippen LogP contribution in [0.25, 0.3) is 0 Å². The molecule has 13 heteroatoms. The van der Waals surface area contributed by atoms with E-state index in [-0.39, 0.29) is 13.0 Å².